The molecule has 0 bridgehead atoms. The van der Waals surface area contributed by atoms with Crippen LogP contribution in [-0.2, 0) is 18.4 Å². The Morgan fingerprint density at radius 3 is 2.19 bits per heavy atom. The van der Waals surface area contributed by atoms with Gasteiger partial charge in [0.25, 0.3) is 0 Å². The van der Waals surface area contributed by atoms with E-state index in [9.17, 15) is 4.79 Å². The van der Waals surface area contributed by atoms with Crippen molar-refractivity contribution in [2.45, 2.75) is 148 Å². The van der Waals surface area contributed by atoms with E-state index in [1.165, 1.54) is 19.3 Å². The molecule has 1 saturated carbocycles. The molecule has 1 heterocycles. The standard InChI is InChI=1S/C29H55FO4Si2/c1-13-14-15-20(2)18-21(33-35(9,10)28(3,4)5)16-17-22-23(34-36(11,12)29(6,7)8)19-24-25(22)26(30)27(31)32-24/h16-17,20-26H,13-15,18-19H2,1-12H3/t20?,21-,22+,23-,24+,25-,26?/m1/s1. The van der Waals surface area contributed by atoms with Gasteiger partial charge in [-0.05, 0) is 48.6 Å². The van der Waals surface area contributed by atoms with Gasteiger partial charge in [-0.3, -0.25) is 0 Å². The van der Waals surface area contributed by atoms with Crippen LogP contribution in [0.2, 0.25) is 36.3 Å². The Bertz CT molecular complexity index is 768. The Morgan fingerprint density at radius 1 is 1.08 bits per heavy atom. The minimum atomic E-state index is -2.08. The first-order chi connectivity index (χ1) is 16.3. The molecule has 2 aliphatic rings. The summed E-state index contributed by atoms with van der Waals surface area (Å²) in [6, 6.07) is 0. The predicted octanol–water partition coefficient (Wildman–Crippen LogP) is 8.44. The van der Waals surface area contributed by atoms with Crippen LogP contribution < -0.4 is 0 Å². The molecule has 0 aromatic carbocycles. The van der Waals surface area contributed by atoms with E-state index in [4.69, 9.17) is 13.6 Å². The van der Waals surface area contributed by atoms with Gasteiger partial charge in [0.15, 0.2) is 16.6 Å². The average molecular weight is 543 g/mol. The van der Waals surface area contributed by atoms with Crippen molar-refractivity contribution in [2.24, 2.45) is 17.8 Å². The number of halogens is 1. The van der Waals surface area contributed by atoms with Crippen LogP contribution in [0.4, 0.5) is 4.39 Å². The third kappa shape index (κ3) is 7.54. The summed E-state index contributed by atoms with van der Waals surface area (Å²) in [6.07, 6.45) is 7.26. The first kappa shape index (κ1) is 31.7. The summed E-state index contributed by atoms with van der Waals surface area (Å²) in [6.45, 7) is 27.0. The van der Waals surface area contributed by atoms with Crippen LogP contribution >= 0.6 is 0 Å². The number of carbonyl (C=O) groups is 1. The third-order valence-corrected chi connectivity index (χ3v) is 18.3. The molecule has 0 amide bonds. The molecule has 0 N–H and O–H groups in total. The van der Waals surface area contributed by atoms with Crippen LogP contribution in [0.15, 0.2) is 12.2 Å². The van der Waals surface area contributed by atoms with Crippen molar-refractivity contribution in [3.8, 4) is 0 Å². The van der Waals surface area contributed by atoms with E-state index in [1.54, 1.807) is 0 Å². The zero-order chi connectivity index (χ0) is 27.7. The van der Waals surface area contributed by atoms with E-state index in [0.717, 1.165) is 6.42 Å². The van der Waals surface area contributed by atoms with E-state index in [2.05, 4.69) is 93.7 Å². The van der Waals surface area contributed by atoms with Crippen LogP contribution in [0.5, 0.6) is 0 Å². The number of carbonyl (C=O) groups excluding carboxylic acids is 1. The Labute approximate surface area is 223 Å². The molecular formula is C29H55FO4Si2. The van der Waals surface area contributed by atoms with Crippen molar-refractivity contribution in [1.82, 2.24) is 0 Å². The molecule has 7 heteroatoms. The normalized spacial score (nSPS) is 29.5. The molecule has 0 spiro atoms. The summed E-state index contributed by atoms with van der Waals surface area (Å²) in [5.41, 5.74) is 0. The van der Waals surface area contributed by atoms with E-state index in [0.29, 0.717) is 12.3 Å². The predicted molar refractivity (Wildman–Crippen MR) is 153 cm³/mol. The monoisotopic (exact) mass is 542 g/mol. The first-order valence-electron chi connectivity index (χ1n) is 14.2. The topological polar surface area (TPSA) is 44.8 Å². The molecule has 0 aromatic rings. The number of hydrogen-bond acceptors (Lipinski definition) is 4. The van der Waals surface area contributed by atoms with Gasteiger partial charge < -0.3 is 13.6 Å². The molecule has 2 unspecified atom stereocenters. The Hall–Kier alpha value is -0.506. The average Bonchev–Trinajstić information content (AvgIpc) is 3.17. The highest BCUT2D eigenvalue weighted by molar-refractivity contribution is 6.74. The molecular weight excluding hydrogens is 487 g/mol. The summed E-state index contributed by atoms with van der Waals surface area (Å²) in [7, 11) is -4.08. The maximum atomic E-state index is 15.1. The summed E-state index contributed by atoms with van der Waals surface area (Å²) in [5, 5.41) is 0.154. The number of rotatable bonds is 11. The largest absolute Gasteiger partial charge is 0.460 e. The van der Waals surface area contributed by atoms with Crippen LogP contribution in [0, 0.1) is 17.8 Å². The lowest BCUT2D eigenvalue weighted by Crippen LogP contribution is -2.45. The number of hydrogen-bond donors (Lipinski definition) is 0. The lowest BCUT2D eigenvalue weighted by atomic mass is 9.89. The fourth-order valence-corrected chi connectivity index (χ4v) is 7.54. The quantitative estimate of drug-likeness (QED) is 0.149. The van der Waals surface area contributed by atoms with Crippen molar-refractivity contribution in [3.63, 3.8) is 0 Å². The molecule has 1 aliphatic heterocycles. The van der Waals surface area contributed by atoms with Gasteiger partial charge in [-0.25, -0.2) is 9.18 Å². The van der Waals surface area contributed by atoms with Gasteiger partial charge in [0, 0.05) is 18.3 Å². The second kappa shape index (κ2) is 11.7. The molecule has 7 atom stereocenters. The number of unbranched alkanes of at least 4 members (excludes halogenated alkanes) is 1. The lowest BCUT2D eigenvalue weighted by Gasteiger charge is -2.40. The van der Waals surface area contributed by atoms with Crippen molar-refractivity contribution in [2.75, 3.05) is 0 Å². The fourth-order valence-electron chi connectivity index (χ4n) is 4.90. The maximum Gasteiger partial charge on any atom is 0.341 e. The third-order valence-electron chi connectivity index (χ3n) is 9.34. The zero-order valence-electron chi connectivity index (χ0n) is 25.2. The number of ether oxygens (including phenoxy) is 1. The molecule has 1 aliphatic carbocycles. The van der Waals surface area contributed by atoms with E-state index in [1.807, 2.05) is 0 Å². The van der Waals surface area contributed by atoms with Crippen LogP contribution in [0.25, 0.3) is 0 Å². The Morgan fingerprint density at radius 2 is 1.67 bits per heavy atom. The highest BCUT2D eigenvalue weighted by atomic mass is 28.4. The smallest absolute Gasteiger partial charge is 0.341 e. The van der Waals surface area contributed by atoms with Crippen LogP contribution in [0.1, 0.15) is 87.5 Å². The second-order valence-electron chi connectivity index (χ2n) is 14.5. The van der Waals surface area contributed by atoms with Crippen molar-refractivity contribution >= 4 is 22.6 Å². The van der Waals surface area contributed by atoms with Crippen molar-refractivity contribution in [3.05, 3.63) is 12.2 Å². The van der Waals surface area contributed by atoms with E-state index < -0.39 is 40.8 Å². The number of esters is 1. The Balaban J connectivity index is 2.35. The summed E-state index contributed by atoms with van der Waals surface area (Å²) in [5.74, 6) is -0.835. The molecule has 0 aromatic heterocycles. The van der Waals surface area contributed by atoms with Gasteiger partial charge in [-0.15, -0.1) is 0 Å². The fraction of sp³-hybridized carbons (Fsp3) is 0.897. The molecule has 2 rings (SSSR count). The Kier molecular flexibility index (Phi) is 10.3. The zero-order valence-corrected chi connectivity index (χ0v) is 27.2. The van der Waals surface area contributed by atoms with E-state index >= 15 is 4.39 Å². The van der Waals surface area contributed by atoms with Crippen molar-refractivity contribution < 1.29 is 22.8 Å². The SMILES string of the molecule is CCCCC(C)C[C@@H](C=C[C@@H]1[C@H]2C(F)C(=O)O[C@H]2C[C@H]1O[Si](C)(C)C(C)(C)C)O[Si](C)(C)C(C)(C)C. The first-order valence-corrected chi connectivity index (χ1v) is 20.0. The lowest BCUT2D eigenvalue weighted by molar-refractivity contribution is -0.145. The second-order valence-corrected chi connectivity index (χ2v) is 24.0. The van der Waals surface area contributed by atoms with Gasteiger partial charge in [-0.2, -0.15) is 0 Å². The molecule has 2 fully saturated rings. The molecule has 1 saturated heterocycles. The minimum absolute atomic E-state index is 0.0265. The molecule has 4 nitrogen and oxygen atoms in total. The highest BCUT2D eigenvalue weighted by Gasteiger charge is 2.57. The molecule has 0 radical (unpaired) electrons. The number of fused-ring (bicyclic) bond motifs is 1. The van der Waals surface area contributed by atoms with Crippen LogP contribution in [-0.4, -0.2) is 47.1 Å². The van der Waals surface area contributed by atoms with Gasteiger partial charge in [0.2, 0.25) is 6.17 Å². The van der Waals surface area contributed by atoms with Crippen molar-refractivity contribution in [1.29, 1.82) is 0 Å². The van der Waals surface area contributed by atoms with Gasteiger partial charge in [-0.1, -0.05) is 86.8 Å². The number of alkyl halides is 1. The maximum absolute atomic E-state index is 15.1. The van der Waals surface area contributed by atoms with Gasteiger partial charge >= 0.3 is 5.97 Å². The summed E-state index contributed by atoms with van der Waals surface area (Å²) < 4.78 is 34.3. The summed E-state index contributed by atoms with van der Waals surface area (Å²) >= 11 is 0. The van der Waals surface area contributed by atoms with Gasteiger partial charge in [0.05, 0.1) is 12.2 Å². The summed E-state index contributed by atoms with van der Waals surface area (Å²) in [4.78, 5) is 12.1. The minimum Gasteiger partial charge on any atom is -0.460 e. The van der Waals surface area contributed by atoms with Crippen LogP contribution in [0.3, 0.4) is 0 Å². The molecule has 210 valence electrons. The molecule has 36 heavy (non-hydrogen) atoms. The van der Waals surface area contributed by atoms with E-state index in [-0.39, 0.29) is 28.2 Å². The van der Waals surface area contributed by atoms with Gasteiger partial charge in [0.1, 0.15) is 6.10 Å². The highest BCUT2D eigenvalue weighted by Crippen LogP contribution is 2.48.